The minimum absolute atomic E-state index is 0.559. The van der Waals surface area contributed by atoms with Crippen molar-refractivity contribution in [3.63, 3.8) is 0 Å². The fourth-order valence-electron chi connectivity index (χ4n) is 2.83. The highest BCUT2D eigenvalue weighted by molar-refractivity contribution is 5.69. The van der Waals surface area contributed by atoms with E-state index in [4.69, 9.17) is 9.47 Å². The van der Waals surface area contributed by atoms with Crippen molar-refractivity contribution in [2.75, 3.05) is 27.3 Å². The summed E-state index contributed by atoms with van der Waals surface area (Å²) in [6, 6.07) is 7.89. The number of piperidine rings is 1. The number of H-pyrrole nitrogens is 1. The maximum absolute atomic E-state index is 5.43. The Bertz CT molecular complexity index is 603. The van der Waals surface area contributed by atoms with Crippen molar-refractivity contribution >= 4 is 0 Å². The van der Waals surface area contributed by atoms with Crippen LogP contribution in [0.2, 0.25) is 0 Å². The van der Waals surface area contributed by atoms with Crippen LogP contribution < -0.4 is 14.8 Å². The van der Waals surface area contributed by atoms with Crippen molar-refractivity contribution in [1.29, 1.82) is 0 Å². The van der Waals surface area contributed by atoms with Crippen LogP contribution in [0.15, 0.2) is 24.3 Å². The van der Waals surface area contributed by atoms with Crippen LogP contribution in [0.1, 0.15) is 24.5 Å². The average Bonchev–Trinajstić information content (AvgIpc) is 3.05. The SMILES string of the molecule is COc1ccc(OC)c(-c2cc(C3CCNCC3)[nH]n2)c1. The Balaban J connectivity index is 1.91. The molecule has 112 valence electrons. The Morgan fingerprint density at radius 1 is 1.10 bits per heavy atom. The molecular weight excluding hydrogens is 266 g/mol. The van der Waals surface area contributed by atoms with E-state index in [0.717, 1.165) is 48.7 Å². The van der Waals surface area contributed by atoms with E-state index in [9.17, 15) is 0 Å². The summed E-state index contributed by atoms with van der Waals surface area (Å²) in [5.74, 6) is 2.17. The van der Waals surface area contributed by atoms with Crippen molar-refractivity contribution in [1.82, 2.24) is 15.5 Å². The summed E-state index contributed by atoms with van der Waals surface area (Å²) in [6.07, 6.45) is 2.30. The second kappa shape index (κ2) is 6.18. The third-order valence-corrected chi connectivity index (χ3v) is 4.06. The van der Waals surface area contributed by atoms with E-state index in [2.05, 4.69) is 21.6 Å². The van der Waals surface area contributed by atoms with Crippen molar-refractivity contribution in [3.8, 4) is 22.8 Å². The second-order valence-electron chi connectivity index (χ2n) is 5.30. The highest BCUT2D eigenvalue weighted by Crippen LogP contribution is 2.34. The highest BCUT2D eigenvalue weighted by atomic mass is 16.5. The number of methoxy groups -OCH3 is 2. The second-order valence-corrected chi connectivity index (χ2v) is 5.30. The lowest BCUT2D eigenvalue weighted by Gasteiger charge is -2.20. The lowest BCUT2D eigenvalue weighted by molar-refractivity contribution is 0.404. The van der Waals surface area contributed by atoms with Gasteiger partial charge < -0.3 is 14.8 Å². The van der Waals surface area contributed by atoms with Crippen LogP contribution in [0.3, 0.4) is 0 Å². The van der Waals surface area contributed by atoms with Gasteiger partial charge in [0.1, 0.15) is 11.5 Å². The van der Waals surface area contributed by atoms with Crippen LogP contribution in [-0.2, 0) is 0 Å². The lowest BCUT2D eigenvalue weighted by Crippen LogP contribution is -2.26. The molecule has 2 aromatic rings. The molecule has 3 rings (SSSR count). The number of ether oxygens (including phenoxy) is 2. The van der Waals surface area contributed by atoms with Gasteiger partial charge in [0.25, 0.3) is 0 Å². The van der Waals surface area contributed by atoms with Crippen molar-refractivity contribution in [2.24, 2.45) is 0 Å². The van der Waals surface area contributed by atoms with Crippen molar-refractivity contribution in [3.05, 3.63) is 30.0 Å². The zero-order valence-electron chi connectivity index (χ0n) is 12.5. The molecule has 0 atom stereocenters. The molecule has 0 amide bonds. The molecule has 1 aliphatic heterocycles. The Kier molecular flexibility index (Phi) is 4.10. The lowest BCUT2D eigenvalue weighted by atomic mass is 9.94. The highest BCUT2D eigenvalue weighted by Gasteiger charge is 2.19. The molecule has 21 heavy (non-hydrogen) atoms. The summed E-state index contributed by atoms with van der Waals surface area (Å²) in [7, 11) is 3.34. The van der Waals surface area contributed by atoms with Gasteiger partial charge in [-0.2, -0.15) is 5.10 Å². The van der Waals surface area contributed by atoms with Crippen molar-refractivity contribution < 1.29 is 9.47 Å². The number of rotatable bonds is 4. The number of nitrogens with zero attached hydrogens (tertiary/aromatic N) is 1. The average molecular weight is 287 g/mol. The van der Waals surface area contributed by atoms with Gasteiger partial charge in [0.2, 0.25) is 0 Å². The first-order valence-electron chi connectivity index (χ1n) is 7.30. The molecule has 2 heterocycles. The first kappa shape index (κ1) is 13.9. The summed E-state index contributed by atoms with van der Waals surface area (Å²) in [5, 5.41) is 11.0. The summed E-state index contributed by atoms with van der Waals surface area (Å²) in [5.41, 5.74) is 3.06. The quantitative estimate of drug-likeness (QED) is 0.907. The first-order valence-corrected chi connectivity index (χ1v) is 7.30. The molecule has 0 saturated carbocycles. The van der Waals surface area contributed by atoms with E-state index < -0.39 is 0 Å². The molecule has 1 saturated heterocycles. The van der Waals surface area contributed by atoms with E-state index in [-0.39, 0.29) is 0 Å². The third-order valence-electron chi connectivity index (χ3n) is 4.06. The number of aromatic amines is 1. The number of hydrogen-bond acceptors (Lipinski definition) is 4. The standard InChI is InChI=1S/C16H21N3O2/c1-20-12-3-4-16(21-2)13(9-12)15-10-14(18-19-15)11-5-7-17-8-6-11/h3-4,9-11,17H,5-8H2,1-2H3,(H,18,19). The maximum atomic E-state index is 5.43. The molecule has 1 aromatic heterocycles. The Morgan fingerprint density at radius 3 is 2.62 bits per heavy atom. The monoisotopic (exact) mass is 287 g/mol. The van der Waals surface area contributed by atoms with Gasteiger partial charge in [-0.3, -0.25) is 5.10 Å². The fourth-order valence-corrected chi connectivity index (χ4v) is 2.83. The van der Waals surface area contributed by atoms with Gasteiger partial charge in [0, 0.05) is 17.2 Å². The maximum Gasteiger partial charge on any atom is 0.128 e. The Hall–Kier alpha value is -2.01. The molecule has 0 aliphatic carbocycles. The zero-order valence-corrected chi connectivity index (χ0v) is 12.5. The van der Waals surface area contributed by atoms with Crippen LogP contribution >= 0.6 is 0 Å². The number of nitrogens with one attached hydrogen (secondary N) is 2. The summed E-state index contributed by atoms with van der Waals surface area (Å²) in [4.78, 5) is 0. The third kappa shape index (κ3) is 2.88. The van der Waals surface area contributed by atoms with Gasteiger partial charge >= 0.3 is 0 Å². The van der Waals surface area contributed by atoms with E-state index in [1.807, 2.05) is 18.2 Å². The normalized spacial score (nSPS) is 15.9. The van der Waals surface area contributed by atoms with Crippen LogP contribution in [0.25, 0.3) is 11.3 Å². The molecule has 1 fully saturated rings. The largest absolute Gasteiger partial charge is 0.497 e. The molecule has 0 unspecified atom stereocenters. The molecular formula is C16H21N3O2. The van der Waals surface area contributed by atoms with Gasteiger partial charge in [-0.05, 0) is 50.2 Å². The molecule has 1 aromatic carbocycles. The predicted molar refractivity (Wildman–Crippen MR) is 82.0 cm³/mol. The minimum Gasteiger partial charge on any atom is -0.497 e. The molecule has 2 N–H and O–H groups in total. The first-order chi connectivity index (χ1) is 10.3. The van der Waals surface area contributed by atoms with Crippen LogP contribution in [0.5, 0.6) is 11.5 Å². The van der Waals surface area contributed by atoms with E-state index in [1.165, 1.54) is 5.69 Å². The van der Waals surface area contributed by atoms with Gasteiger partial charge in [0.15, 0.2) is 0 Å². The summed E-state index contributed by atoms with van der Waals surface area (Å²) < 4.78 is 10.7. The number of benzene rings is 1. The molecule has 1 aliphatic rings. The molecule has 0 spiro atoms. The number of hydrogen-bond donors (Lipinski definition) is 2. The topological polar surface area (TPSA) is 59.2 Å². The minimum atomic E-state index is 0.559. The van der Waals surface area contributed by atoms with Crippen LogP contribution in [0, 0.1) is 0 Å². The molecule has 0 bridgehead atoms. The molecule has 0 radical (unpaired) electrons. The van der Waals surface area contributed by atoms with Gasteiger partial charge in [-0.25, -0.2) is 0 Å². The Labute approximate surface area is 124 Å². The smallest absolute Gasteiger partial charge is 0.128 e. The van der Waals surface area contributed by atoms with Crippen LogP contribution in [0.4, 0.5) is 0 Å². The fraction of sp³-hybridized carbons (Fsp3) is 0.438. The predicted octanol–water partition coefficient (Wildman–Crippen LogP) is 2.56. The van der Waals surface area contributed by atoms with E-state index in [0.29, 0.717) is 5.92 Å². The van der Waals surface area contributed by atoms with Crippen molar-refractivity contribution in [2.45, 2.75) is 18.8 Å². The molecule has 5 nitrogen and oxygen atoms in total. The Morgan fingerprint density at radius 2 is 1.90 bits per heavy atom. The van der Waals surface area contributed by atoms with E-state index >= 15 is 0 Å². The number of aromatic nitrogens is 2. The van der Waals surface area contributed by atoms with Gasteiger partial charge in [0.05, 0.1) is 19.9 Å². The summed E-state index contributed by atoms with van der Waals surface area (Å²) in [6.45, 7) is 2.14. The van der Waals surface area contributed by atoms with Gasteiger partial charge in [-0.15, -0.1) is 0 Å². The van der Waals surface area contributed by atoms with Gasteiger partial charge in [-0.1, -0.05) is 0 Å². The zero-order chi connectivity index (χ0) is 14.7. The summed E-state index contributed by atoms with van der Waals surface area (Å²) >= 11 is 0. The van der Waals surface area contributed by atoms with E-state index in [1.54, 1.807) is 14.2 Å². The molecule has 5 heteroatoms. The van der Waals surface area contributed by atoms with Crippen LogP contribution in [-0.4, -0.2) is 37.5 Å².